The molecule has 0 spiro atoms. The molecule has 3 nitrogen and oxygen atoms in total. The first-order chi connectivity index (χ1) is 10.6. The number of phenols is 1. The first-order valence-electron chi connectivity index (χ1n) is 8.69. The van der Waals surface area contributed by atoms with Crippen molar-refractivity contribution in [1.82, 2.24) is 5.43 Å². The molecule has 0 aromatic heterocycles. The van der Waals surface area contributed by atoms with Gasteiger partial charge in [-0.05, 0) is 79.5 Å². The maximum absolute atomic E-state index is 9.75. The Morgan fingerprint density at radius 1 is 1.23 bits per heavy atom. The molecule has 3 aliphatic rings. The molecule has 0 heterocycles. The maximum atomic E-state index is 9.75. The van der Waals surface area contributed by atoms with Gasteiger partial charge in [0.2, 0.25) is 0 Å². The molecule has 0 unspecified atom stereocenters. The molecular formula is C19H26N2O. The van der Waals surface area contributed by atoms with Crippen molar-refractivity contribution in [3.8, 4) is 5.75 Å². The lowest BCUT2D eigenvalue weighted by molar-refractivity contribution is 0.0954. The molecule has 2 saturated carbocycles. The van der Waals surface area contributed by atoms with Crippen LogP contribution in [0.5, 0.6) is 5.75 Å². The number of hydrazone groups is 1. The van der Waals surface area contributed by atoms with E-state index in [0.29, 0.717) is 17.1 Å². The van der Waals surface area contributed by atoms with Crippen LogP contribution in [0.1, 0.15) is 56.1 Å². The van der Waals surface area contributed by atoms with Crippen molar-refractivity contribution >= 4 is 5.71 Å². The van der Waals surface area contributed by atoms with E-state index in [2.05, 4.69) is 23.5 Å². The van der Waals surface area contributed by atoms with Crippen LogP contribution < -0.4 is 5.43 Å². The third kappa shape index (κ3) is 1.90. The second-order valence-corrected chi connectivity index (χ2v) is 7.58. The van der Waals surface area contributed by atoms with Crippen LogP contribution >= 0.6 is 0 Å². The molecule has 1 aromatic rings. The van der Waals surface area contributed by atoms with Gasteiger partial charge >= 0.3 is 0 Å². The second kappa shape index (κ2) is 5.00. The number of rotatable bonds is 1. The van der Waals surface area contributed by atoms with E-state index in [1.807, 2.05) is 19.2 Å². The second-order valence-electron chi connectivity index (χ2n) is 7.58. The lowest BCUT2D eigenvalue weighted by atomic mass is 9.55. The van der Waals surface area contributed by atoms with Gasteiger partial charge in [-0.1, -0.05) is 13.0 Å². The first-order valence-corrected chi connectivity index (χ1v) is 8.69. The monoisotopic (exact) mass is 298 g/mol. The fourth-order valence-corrected chi connectivity index (χ4v) is 5.68. The third-order valence-corrected chi connectivity index (χ3v) is 6.70. The van der Waals surface area contributed by atoms with Crippen LogP contribution in [0.3, 0.4) is 0 Å². The number of aryl methyl sites for hydroxylation is 1. The molecule has 0 saturated heterocycles. The van der Waals surface area contributed by atoms with E-state index < -0.39 is 0 Å². The third-order valence-electron chi connectivity index (χ3n) is 6.70. The Morgan fingerprint density at radius 3 is 2.91 bits per heavy atom. The largest absolute Gasteiger partial charge is 0.508 e. The number of fused-ring (bicyclic) bond motifs is 5. The Bertz CT molecular complexity index is 624. The predicted molar refractivity (Wildman–Crippen MR) is 89.2 cm³/mol. The van der Waals surface area contributed by atoms with Gasteiger partial charge < -0.3 is 10.5 Å². The maximum Gasteiger partial charge on any atom is 0.115 e. The van der Waals surface area contributed by atoms with E-state index in [1.54, 1.807) is 0 Å². The van der Waals surface area contributed by atoms with Crippen molar-refractivity contribution in [2.75, 3.05) is 7.05 Å². The Labute approximate surface area is 132 Å². The Kier molecular flexibility index (Phi) is 3.21. The number of phenolic OH excluding ortho intramolecular Hbond substituents is 1. The highest BCUT2D eigenvalue weighted by molar-refractivity contribution is 5.92. The van der Waals surface area contributed by atoms with Crippen molar-refractivity contribution in [3.05, 3.63) is 29.3 Å². The highest BCUT2D eigenvalue weighted by Gasteiger charge is 2.53. The molecule has 0 amide bonds. The van der Waals surface area contributed by atoms with Crippen molar-refractivity contribution in [1.29, 1.82) is 0 Å². The zero-order valence-electron chi connectivity index (χ0n) is 13.6. The minimum atomic E-state index is 0.304. The smallest absolute Gasteiger partial charge is 0.115 e. The van der Waals surface area contributed by atoms with Gasteiger partial charge in [0.05, 0.1) is 0 Å². The SMILES string of the molecule is CN/N=C1/CC[C@@H]2[C@@H]3CCc4cc(O)ccc4[C@@H]3CC[C@]12C. The van der Waals surface area contributed by atoms with E-state index in [-0.39, 0.29) is 0 Å². The molecule has 2 fully saturated rings. The van der Waals surface area contributed by atoms with Gasteiger partial charge in [0.1, 0.15) is 5.75 Å². The fourth-order valence-electron chi connectivity index (χ4n) is 5.68. The summed E-state index contributed by atoms with van der Waals surface area (Å²) in [6.45, 7) is 2.45. The molecular weight excluding hydrogens is 272 g/mol. The van der Waals surface area contributed by atoms with Crippen molar-refractivity contribution < 1.29 is 5.11 Å². The van der Waals surface area contributed by atoms with E-state index in [0.717, 1.165) is 24.7 Å². The highest BCUT2D eigenvalue weighted by atomic mass is 16.3. The van der Waals surface area contributed by atoms with Crippen molar-refractivity contribution in [2.24, 2.45) is 22.4 Å². The number of aromatic hydroxyl groups is 1. The van der Waals surface area contributed by atoms with Crippen LogP contribution in [0, 0.1) is 17.3 Å². The van der Waals surface area contributed by atoms with Crippen LogP contribution in [0.25, 0.3) is 0 Å². The van der Waals surface area contributed by atoms with E-state index in [1.165, 1.54) is 42.5 Å². The average Bonchev–Trinajstić information content (AvgIpc) is 2.84. The number of nitrogens with one attached hydrogen (secondary N) is 1. The number of hydrogen-bond donors (Lipinski definition) is 2. The molecule has 4 rings (SSSR count). The topological polar surface area (TPSA) is 44.6 Å². The van der Waals surface area contributed by atoms with Gasteiger partial charge in [-0.2, -0.15) is 5.10 Å². The summed E-state index contributed by atoms with van der Waals surface area (Å²) in [7, 11) is 1.92. The molecule has 22 heavy (non-hydrogen) atoms. The van der Waals surface area contributed by atoms with Gasteiger partial charge in [-0.3, -0.25) is 0 Å². The molecule has 3 aliphatic carbocycles. The first kappa shape index (κ1) is 14.1. The number of nitrogens with zero attached hydrogens (tertiary/aromatic N) is 1. The predicted octanol–water partition coefficient (Wildman–Crippen LogP) is 3.82. The quantitative estimate of drug-likeness (QED) is 0.774. The highest BCUT2D eigenvalue weighted by Crippen LogP contribution is 2.59. The van der Waals surface area contributed by atoms with Gasteiger partial charge in [0, 0.05) is 18.2 Å². The summed E-state index contributed by atoms with van der Waals surface area (Å²) in [6.07, 6.45) is 7.36. The van der Waals surface area contributed by atoms with Crippen LogP contribution in [-0.2, 0) is 6.42 Å². The summed E-state index contributed by atoms with van der Waals surface area (Å²) >= 11 is 0. The van der Waals surface area contributed by atoms with Crippen LogP contribution in [0.15, 0.2) is 23.3 Å². The lowest BCUT2D eigenvalue weighted by Crippen LogP contribution is -2.42. The van der Waals surface area contributed by atoms with Gasteiger partial charge in [0.25, 0.3) is 0 Å². The Morgan fingerprint density at radius 2 is 2.09 bits per heavy atom. The number of hydrogen-bond acceptors (Lipinski definition) is 3. The van der Waals surface area contributed by atoms with Gasteiger partial charge in [-0.25, -0.2) is 0 Å². The standard InChI is InChI=1S/C19H26N2O/c1-19-10-9-15-14-6-4-13(22)11-12(14)3-5-16(15)17(19)7-8-18(19)21-20-2/h4,6,11,15-17,20,22H,3,5,7-10H2,1-2H3/b21-18-/t15-,16+,17+,19-/m0/s1. The Balaban J connectivity index is 1.69. The molecule has 0 aliphatic heterocycles. The summed E-state index contributed by atoms with van der Waals surface area (Å²) in [6, 6.07) is 6.04. The van der Waals surface area contributed by atoms with Crippen molar-refractivity contribution in [2.45, 2.75) is 51.4 Å². The minimum Gasteiger partial charge on any atom is -0.508 e. The molecule has 1 aromatic carbocycles. The van der Waals surface area contributed by atoms with E-state index >= 15 is 0 Å². The molecule has 118 valence electrons. The van der Waals surface area contributed by atoms with Crippen molar-refractivity contribution in [3.63, 3.8) is 0 Å². The normalized spacial score (nSPS) is 38.3. The average molecular weight is 298 g/mol. The fraction of sp³-hybridized carbons (Fsp3) is 0.632. The van der Waals surface area contributed by atoms with E-state index in [9.17, 15) is 5.11 Å². The summed E-state index contributed by atoms with van der Waals surface area (Å²) < 4.78 is 0. The zero-order valence-corrected chi connectivity index (χ0v) is 13.6. The van der Waals surface area contributed by atoms with Crippen LogP contribution in [0.4, 0.5) is 0 Å². The van der Waals surface area contributed by atoms with Gasteiger partial charge in [0.15, 0.2) is 0 Å². The molecule has 4 atom stereocenters. The minimum absolute atomic E-state index is 0.304. The zero-order chi connectivity index (χ0) is 15.3. The van der Waals surface area contributed by atoms with Crippen LogP contribution in [-0.4, -0.2) is 17.9 Å². The van der Waals surface area contributed by atoms with Gasteiger partial charge in [-0.15, -0.1) is 0 Å². The summed E-state index contributed by atoms with van der Waals surface area (Å²) in [5.41, 5.74) is 7.62. The lowest BCUT2D eigenvalue weighted by Gasteiger charge is -2.49. The molecule has 0 radical (unpaired) electrons. The Hall–Kier alpha value is -1.51. The number of benzene rings is 1. The van der Waals surface area contributed by atoms with Crippen LogP contribution in [0.2, 0.25) is 0 Å². The summed E-state index contributed by atoms with van der Waals surface area (Å²) in [5, 5.41) is 14.4. The molecule has 3 heteroatoms. The summed E-state index contributed by atoms with van der Waals surface area (Å²) in [5.74, 6) is 2.68. The van der Waals surface area contributed by atoms with E-state index in [4.69, 9.17) is 0 Å². The molecule has 0 bridgehead atoms. The summed E-state index contributed by atoms with van der Waals surface area (Å²) in [4.78, 5) is 0. The molecule has 2 N–H and O–H groups in total.